The minimum Gasteiger partial charge on any atom is -0.376 e. The number of hydrogen-bond donors (Lipinski definition) is 1. The lowest BCUT2D eigenvalue weighted by Crippen LogP contribution is -2.46. The van der Waals surface area contributed by atoms with Crippen molar-refractivity contribution in [3.05, 3.63) is 0 Å². The van der Waals surface area contributed by atoms with Gasteiger partial charge in [-0.3, -0.25) is 4.90 Å². The van der Waals surface area contributed by atoms with Gasteiger partial charge in [0.15, 0.2) is 0 Å². The molecule has 3 nitrogen and oxygen atoms in total. The lowest BCUT2D eigenvalue weighted by Gasteiger charge is -2.33. The Morgan fingerprint density at radius 3 is 2.63 bits per heavy atom. The second-order valence-corrected chi connectivity index (χ2v) is 5.97. The molecule has 3 unspecified atom stereocenters. The van der Waals surface area contributed by atoms with E-state index in [0.29, 0.717) is 25.6 Å². The molecule has 0 spiro atoms. The lowest BCUT2D eigenvalue weighted by atomic mass is 10.0. The zero-order valence-corrected chi connectivity index (χ0v) is 11.0. The molecule has 19 heavy (non-hydrogen) atoms. The Kier molecular flexibility index (Phi) is 3.75. The fourth-order valence-corrected chi connectivity index (χ4v) is 3.32. The standard InChI is InChI=1S/C13H21F3N2O/c14-13(15,16)10-7-17-4-5-18(8-10)11-3-6-19-12(11)9-1-2-9/h9-12,17H,1-8H2. The molecule has 3 aliphatic rings. The summed E-state index contributed by atoms with van der Waals surface area (Å²) < 4.78 is 44.6. The van der Waals surface area contributed by atoms with E-state index >= 15 is 0 Å². The molecule has 1 aliphatic carbocycles. The van der Waals surface area contributed by atoms with Crippen LogP contribution < -0.4 is 5.32 Å². The summed E-state index contributed by atoms with van der Waals surface area (Å²) in [6, 6.07) is 0.192. The van der Waals surface area contributed by atoms with Gasteiger partial charge >= 0.3 is 6.18 Å². The molecule has 0 aromatic heterocycles. The Morgan fingerprint density at radius 1 is 1.16 bits per heavy atom. The molecule has 3 atom stereocenters. The Labute approximate surface area is 111 Å². The van der Waals surface area contributed by atoms with Crippen LogP contribution in [-0.2, 0) is 4.74 Å². The Balaban J connectivity index is 1.68. The van der Waals surface area contributed by atoms with E-state index in [1.807, 2.05) is 4.90 Å². The Morgan fingerprint density at radius 2 is 1.95 bits per heavy atom. The van der Waals surface area contributed by atoms with E-state index in [2.05, 4.69) is 5.32 Å². The van der Waals surface area contributed by atoms with Crippen LogP contribution in [0, 0.1) is 11.8 Å². The van der Waals surface area contributed by atoms with Gasteiger partial charge in [0.1, 0.15) is 0 Å². The molecule has 110 valence electrons. The van der Waals surface area contributed by atoms with Gasteiger partial charge in [-0.1, -0.05) is 0 Å². The summed E-state index contributed by atoms with van der Waals surface area (Å²) in [5.74, 6) is -0.663. The summed E-state index contributed by atoms with van der Waals surface area (Å²) in [5, 5.41) is 2.91. The van der Waals surface area contributed by atoms with Crippen LogP contribution in [0.4, 0.5) is 13.2 Å². The number of halogens is 3. The molecular formula is C13H21F3N2O. The van der Waals surface area contributed by atoms with Crippen LogP contribution in [0.2, 0.25) is 0 Å². The maximum atomic E-state index is 13.0. The molecule has 6 heteroatoms. The van der Waals surface area contributed by atoms with Gasteiger partial charge in [0.05, 0.1) is 12.0 Å². The average Bonchev–Trinajstić information content (AvgIpc) is 3.12. The van der Waals surface area contributed by atoms with Crippen LogP contribution in [0.25, 0.3) is 0 Å². The van der Waals surface area contributed by atoms with Gasteiger partial charge in [0.2, 0.25) is 0 Å². The summed E-state index contributed by atoms with van der Waals surface area (Å²) in [4.78, 5) is 2.02. The van der Waals surface area contributed by atoms with E-state index in [4.69, 9.17) is 4.74 Å². The average molecular weight is 278 g/mol. The summed E-state index contributed by atoms with van der Waals surface area (Å²) in [7, 11) is 0. The van der Waals surface area contributed by atoms with Crippen molar-refractivity contribution >= 4 is 0 Å². The second-order valence-electron chi connectivity index (χ2n) is 5.97. The molecule has 1 saturated carbocycles. The van der Waals surface area contributed by atoms with Gasteiger partial charge in [0.25, 0.3) is 0 Å². The van der Waals surface area contributed by atoms with E-state index in [-0.39, 0.29) is 25.2 Å². The fraction of sp³-hybridized carbons (Fsp3) is 1.00. The van der Waals surface area contributed by atoms with Gasteiger partial charge in [-0.05, 0) is 25.2 Å². The van der Waals surface area contributed by atoms with Crippen molar-refractivity contribution < 1.29 is 17.9 Å². The number of hydrogen-bond acceptors (Lipinski definition) is 3. The maximum Gasteiger partial charge on any atom is 0.394 e. The Hall–Kier alpha value is -0.330. The molecular weight excluding hydrogens is 257 g/mol. The number of ether oxygens (including phenoxy) is 1. The van der Waals surface area contributed by atoms with E-state index in [1.54, 1.807) is 0 Å². The third-order valence-corrected chi connectivity index (χ3v) is 4.54. The van der Waals surface area contributed by atoms with Crippen LogP contribution in [0.15, 0.2) is 0 Å². The minimum absolute atomic E-state index is 0.0433. The molecule has 0 aromatic carbocycles. The first-order valence-electron chi connectivity index (χ1n) is 7.19. The van der Waals surface area contributed by atoms with E-state index in [1.165, 1.54) is 12.8 Å². The molecule has 0 radical (unpaired) electrons. The van der Waals surface area contributed by atoms with Gasteiger partial charge in [0, 0.05) is 38.8 Å². The van der Waals surface area contributed by atoms with Crippen molar-refractivity contribution in [1.82, 2.24) is 10.2 Å². The molecule has 2 heterocycles. The lowest BCUT2D eigenvalue weighted by molar-refractivity contribution is -0.177. The normalized spacial score (nSPS) is 38.4. The van der Waals surface area contributed by atoms with Crippen LogP contribution in [-0.4, -0.2) is 56.0 Å². The summed E-state index contributed by atoms with van der Waals surface area (Å²) in [6.45, 7) is 2.20. The third kappa shape index (κ3) is 3.06. The highest BCUT2D eigenvalue weighted by Crippen LogP contribution is 2.41. The number of alkyl halides is 3. The molecule has 3 fully saturated rings. The summed E-state index contributed by atoms with van der Waals surface area (Å²) >= 11 is 0. The predicted octanol–water partition coefficient (Wildman–Crippen LogP) is 1.64. The van der Waals surface area contributed by atoms with E-state index < -0.39 is 12.1 Å². The van der Waals surface area contributed by atoms with Gasteiger partial charge in [-0.2, -0.15) is 13.2 Å². The summed E-state index contributed by atoms with van der Waals surface area (Å²) in [6.07, 6.45) is -0.700. The number of nitrogens with zero attached hydrogens (tertiary/aromatic N) is 1. The highest BCUT2D eigenvalue weighted by Gasteiger charge is 2.46. The largest absolute Gasteiger partial charge is 0.394 e. The quantitative estimate of drug-likeness (QED) is 0.831. The molecule has 2 aliphatic heterocycles. The highest BCUT2D eigenvalue weighted by molar-refractivity contribution is 4.96. The smallest absolute Gasteiger partial charge is 0.376 e. The Bertz CT molecular complexity index is 320. The van der Waals surface area contributed by atoms with Crippen molar-refractivity contribution in [2.75, 3.05) is 32.8 Å². The number of rotatable bonds is 2. The topological polar surface area (TPSA) is 24.5 Å². The summed E-state index contributed by atoms with van der Waals surface area (Å²) in [5.41, 5.74) is 0. The minimum atomic E-state index is -4.11. The van der Waals surface area contributed by atoms with Crippen molar-refractivity contribution in [2.45, 2.75) is 37.6 Å². The van der Waals surface area contributed by atoms with Crippen molar-refractivity contribution in [3.8, 4) is 0 Å². The molecule has 1 N–H and O–H groups in total. The van der Waals surface area contributed by atoms with Gasteiger partial charge in [-0.25, -0.2) is 0 Å². The maximum absolute atomic E-state index is 13.0. The fourth-order valence-electron chi connectivity index (χ4n) is 3.32. The molecule has 0 aromatic rings. The van der Waals surface area contributed by atoms with E-state index in [9.17, 15) is 13.2 Å². The van der Waals surface area contributed by atoms with Crippen molar-refractivity contribution in [2.24, 2.45) is 11.8 Å². The number of nitrogens with one attached hydrogen (secondary N) is 1. The van der Waals surface area contributed by atoms with Crippen LogP contribution >= 0.6 is 0 Å². The first kappa shape index (κ1) is 13.6. The van der Waals surface area contributed by atoms with Crippen LogP contribution in [0.3, 0.4) is 0 Å². The molecule has 2 saturated heterocycles. The van der Waals surface area contributed by atoms with Crippen LogP contribution in [0.1, 0.15) is 19.3 Å². The molecule has 3 rings (SSSR count). The zero-order chi connectivity index (χ0) is 13.5. The van der Waals surface area contributed by atoms with Gasteiger partial charge in [-0.15, -0.1) is 0 Å². The van der Waals surface area contributed by atoms with Gasteiger partial charge < -0.3 is 10.1 Å². The SMILES string of the molecule is FC(F)(F)C1CNCCN(C2CCOC2C2CC2)C1. The monoisotopic (exact) mass is 278 g/mol. The predicted molar refractivity (Wildman–Crippen MR) is 64.9 cm³/mol. The first-order valence-corrected chi connectivity index (χ1v) is 7.19. The van der Waals surface area contributed by atoms with Crippen molar-refractivity contribution in [1.29, 1.82) is 0 Å². The highest BCUT2D eigenvalue weighted by atomic mass is 19.4. The third-order valence-electron chi connectivity index (χ3n) is 4.54. The second kappa shape index (κ2) is 5.22. The van der Waals surface area contributed by atoms with E-state index in [0.717, 1.165) is 6.42 Å². The first-order chi connectivity index (χ1) is 9.05. The van der Waals surface area contributed by atoms with Crippen LogP contribution in [0.5, 0.6) is 0 Å². The molecule has 0 amide bonds. The zero-order valence-electron chi connectivity index (χ0n) is 11.0. The van der Waals surface area contributed by atoms with Crippen molar-refractivity contribution in [3.63, 3.8) is 0 Å². The molecule has 0 bridgehead atoms.